The molecule has 0 aliphatic carbocycles. The molecule has 2 rings (SSSR count). The van der Waals surface area contributed by atoms with E-state index >= 15 is 0 Å². The van der Waals surface area contributed by atoms with Crippen LogP contribution in [0.15, 0.2) is 47.6 Å². The van der Waals surface area contributed by atoms with E-state index in [-0.39, 0.29) is 0 Å². The lowest BCUT2D eigenvalue weighted by molar-refractivity contribution is 0.581. The Morgan fingerprint density at radius 1 is 1.11 bits per heavy atom. The lowest BCUT2D eigenvalue weighted by atomic mass is 10.2. The average Bonchev–Trinajstić information content (AvgIpc) is 2.92. The van der Waals surface area contributed by atoms with Gasteiger partial charge in [-0.3, -0.25) is 0 Å². The van der Waals surface area contributed by atoms with Crippen molar-refractivity contribution >= 4 is 10.0 Å². The second-order valence-electron chi connectivity index (χ2n) is 4.36. The van der Waals surface area contributed by atoms with Crippen molar-refractivity contribution in [1.82, 2.24) is 9.71 Å². The van der Waals surface area contributed by atoms with Crippen LogP contribution in [0.4, 0.5) is 0 Å². The van der Waals surface area contributed by atoms with Crippen LogP contribution in [-0.4, -0.2) is 19.9 Å². The summed E-state index contributed by atoms with van der Waals surface area (Å²) in [4.78, 5) is 3.26. The molecule has 5 heteroatoms. The maximum Gasteiger partial charge on any atom is 0.240 e. The van der Waals surface area contributed by atoms with Crippen molar-refractivity contribution in [2.45, 2.75) is 24.7 Å². The predicted octanol–water partition coefficient (Wildman–Crippen LogP) is 2.10. The zero-order valence-electron chi connectivity index (χ0n) is 10.9. The van der Waals surface area contributed by atoms with Gasteiger partial charge in [-0.2, -0.15) is 0 Å². The summed E-state index contributed by atoms with van der Waals surface area (Å²) in [6.07, 6.45) is 5.27. The highest BCUT2D eigenvalue weighted by molar-refractivity contribution is 7.89. The average molecular weight is 278 g/mol. The fraction of sp³-hybridized carbons (Fsp3) is 0.286. The number of nitrogens with one attached hydrogen (secondary N) is 2. The summed E-state index contributed by atoms with van der Waals surface area (Å²) in [7, 11) is -3.40. The first kappa shape index (κ1) is 13.8. The number of aromatic nitrogens is 1. The molecular formula is C14H18N2O2S. The Kier molecular flexibility index (Phi) is 4.39. The van der Waals surface area contributed by atoms with Crippen LogP contribution in [0, 0.1) is 0 Å². The Balaban J connectivity index is 1.97. The molecule has 0 spiro atoms. The zero-order valence-corrected chi connectivity index (χ0v) is 11.7. The number of sulfonamides is 1. The SMILES string of the molecule is CCc1ccc(S(=O)(=O)NCCc2cc[nH]c2)cc1. The van der Waals surface area contributed by atoms with Crippen molar-refractivity contribution in [1.29, 1.82) is 0 Å². The molecule has 0 amide bonds. The summed E-state index contributed by atoms with van der Waals surface area (Å²) >= 11 is 0. The molecule has 0 aliphatic heterocycles. The minimum atomic E-state index is -3.40. The fourth-order valence-electron chi connectivity index (χ4n) is 1.83. The van der Waals surface area contributed by atoms with E-state index in [0.717, 1.165) is 17.5 Å². The van der Waals surface area contributed by atoms with E-state index in [1.165, 1.54) is 0 Å². The number of hydrogen-bond donors (Lipinski definition) is 2. The molecule has 2 N–H and O–H groups in total. The summed E-state index contributed by atoms with van der Waals surface area (Å²) < 4.78 is 26.7. The van der Waals surface area contributed by atoms with E-state index in [1.54, 1.807) is 12.1 Å². The molecule has 0 aliphatic rings. The second-order valence-corrected chi connectivity index (χ2v) is 6.13. The minimum Gasteiger partial charge on any atom is -0.367 e. The Morgan fingerprint density at radius 2 is 1.84 bits per heavy atom. The lowest BCUT2D eigenvalue weighted by Gasteiger charge is -2.06. The van der Waals surface area contributed by atoms with Crippen molar-refractivity contribution in [3.8, 4) is 0 Å². The predicted molar refractivity (Wildman–Crippen MR) is 75.5 cm³/mol. The molecule has 0 unspecified atom stereocenters. The molecule has 1 aromatic heterocycles. The largest absolute Gasteiger partial charge is 0.367 e. The van der Waals surface area contributed by atoms with Crippen LogP contribution in [0.1, 0.15) is 18.1 Å². The maximum absolute atomic E-state index is 12.0. The highest BCUT2D eigenvalue weighted by Gasteiger charge is 2.12. The first-order chi connectivity index (χ1) is 9.12. The number of aromatic amines is 1. The fourth-order valence-corrected chi connectivity index (χ4v) is 2.86. The van der Waals surface area contributed by atoms with Gasteiger partial charge in [0.15, 0.2) is 0 Å². The smallest absolute Gasteiger partial charge is 0.240 e. The Bertz CT molecular complexity index is 601. The van der Waals surface area contributed by atoms with Crippen LogP contribution in [-0.2, 0) is 22.9 Å². The van der Waals surface area contributed by atoms with Gasteiger partial charge in [-0.1, -0.05) is 19.1 Å². The maximum atomic E-state index is 12.0. The number of hydrogen-bond acceptors (Lipinski definition) is 2. The van der Waals surface area contributed by atoms with E-state index in [4.69, 9.17) is 0 Å². The molecule has 0 bridgehead atoms. The molecule has 0 saturated carbocycles. The van der Waals surface area contributed by atoms with Gasteiger partial charge in [0.2, 0.25) is 10.0 Å². The molecule has 2 aromatic rings. The van der Waals surface area contributed by atoms with E-state index in [9.17, 15) is 8.42 Å². The van der Waals surface area contributed by atoms with Crippen LogP contribution < -0.4 is 4.72 Å². The quantitative estimate of drug-likeness (QED) is 0.850. The molecule has 0 radical (unpaired) electrons. The van der Waals surface area contributed by atoms with Gasteiger partial charge in [-0.15, -0.1) is 0 Å². The van der Waals surface area contributed by atoms with Crippen molar-refractivity contribution in [3.05, 3.63) is 53.9 Å². The third-order valence-electron chi connectivity index (χ3n) is 3.01. The molecule has 4 nitrogen and oxygen atoms in total. The van der Waals surface area contributed by atoms with E-state index in [1.807, 2.05) is 37.5 Å². The molecule has 0 saturated heterocycles. The first-order valence-electron chi connectivity index (χ1n) is 6.32. The third kappa shape index (κ3) is 3.68. The summed E-state index contributed by atoms with van der Waals surface area (Å²) in [6.45, 7) is 2.44. The van der Waals surface area contributed by atoms with Crippen LogP contribution in [0.5, 0.6) is 0 Å². The van der Waals surface area contributed by atoms with Crippen molar-refractivity contribution < 1.29 is 8.42 Å². The van der Waals surface area contributed by atoms with Gasteiger partial charge in [0.05, 0.1) is 4.90 Å². The van der Waals surface area contributed by atoms with Crippen molar-refractivity contribution in [2.24, 2.45) is 0 Å². The topological polar surface area (TPSA) is 62.0 Å². The Morgan fingerprint density at radius 3 is 2.42 bits per heavy atom. The lowest BCUT2D eigenvalue weighted by Crippen LogP contribution is -2.25. The van der Waals surface area contributed by atoms with Crippen LogP contribution in [0.2, 0.25) is 0 Å². The summed E-state index contributed by atoms with van der Waals surface area (Å²) in [5.41, 5.74) is 2.22. The standard InChI is InChI=1S/C14H18N2O2S/c1-2-12-3-5-14(6-4-12)19(17,18)16-10-8-13-7-9-15-11-13/h3-7,9,11,15-16H,2,8,10H2,1H3. The van der Waals surface area contributed by atoms with Crippen LogP contribution >= 0.6 is 0 Å². The number of benzene rings is 1. The van der Waals surface area contributed by atoms with Crippen LogP contribution in [0.3, 0.4) is 0 Å². The zero-order chi connectivity index (χ0) is 13.7. The van der Waals surface area contributed by atoms with E-state index in [0.29, 0.717) is 17.9 Å². The van der Waals surface area contributed by atoms with Gasteiger partial charge in [-0.05, 0) is 42.2 Å². The van der Waals surface area contributed by atoms with Crippen LogP contribution in [0.25, 0.3) is 0 Å². The van der Waals surface area contributed by atoms with Gasteiger partial charge < -0.3 is 4.98 Å². The van der Waals surface area contributed by atoms with Gasteiger partial charge in [0.1, 0.15) is 0 Å². The first-order valence-corrected chi connectivity index (χ1v) is 7.80. The molecule has 1 aromatic carbocycles. The number of H-pyrrole nitrogens is 1. The number of aryl methyl sites for hydroxylation is 1. The Hall–Kier alpha value is -1.59. The van der Waals surface area contributed by atoms with Crippen molar-refractivity contribution in [2.75, 3.05) is 6.54 Å². The van der Waals surface area contributed by atoms with Gasteiger partial charge in [0, 0.05) is 18.9 Å². The summed E-state index contributed by atoms with van der Waals surface area (Å²) in [6, 6.07) is 8.93. The van der Waals surface area contributed by atoms with Gasteiger partial charge in [0.25, 0.3) is 0 Å². The minimum absolute atomic E-state index is 0.318. The molecule has 1 heterocycles. The molecule has 102 valence electrons. The highest BCUT2D eigenvalue weighted by atomic mass is 32.2. The monoisotopic (exact) mass is 278 g/mol. The normalized spacial score (nSPS) is 11.6. The molecular weight excluding hydrogens is 260 g/mol. The van der Waals surface area contributed by atoms with Gasteiger partial charge in [-0.25, -0.2) is 13.1 Å². The Labute approximate surface area is 113 Å². The van der Waals surface area contributed by atoms with Crippen molar-refractivity contribution in [3.63, 3.8) is 0 Å². The molecule has 19 heavy (non-hydrogen) atoms. The number of rotatable bonds is 6. The summed E-state index contributed by atoms with van der Waals surface area (Å²) in [5, 5.41) is 0. The molecule has 0 fully saturated rings. The van der Waals surface area contributed by atoms with E-state index in [2.05, 4.69) is 9.71 Å². The third-order valence-corrected chi connectivity index (χ3v) is 4.49. The second kappa shape index (κ2) is 6.04. The van der Waals surface area contributed by atoms with E-state index < -0.39 is 10.0 Å². The molecule has 0 atom stereocenters. The highest BCUT2D eigenvalue weighted by Crippen LogP contribution is 2.11. The van der Waals surface area contributed by atoms with Gasteiger partial charge >= 0.3 is 0 Å². The summed E-state index contributed by atoms with van der Waals surface area (Å²) in [5.74, 6) is 0.